The number of hydrogen-bond acceptors (Lipinski definition) is 4. The summed E-state index contributed by atoms with van der Waals surface area (Å²) in [6.07, 6.45) is 0.546. The maximum absolute atomic E-state index is 12.2. The summed E-state index contributed by atoms with van der Waals surface area (Å²) in [6.45, 7) is 1.07. The van der Waals surface area contributed by atoms with Crippen molar-refractivity contribution in [3.8, 4) is 0 Å². The topological polar surface area (TPSA) is 102 Å². The highest BCUT2D eigenvalue weighted by atomic mass is 16.5. The van der Waals surface area contributed by atoms with Gasteiger partial charge in [-0.15, -0.1) is 0 Å². The number of carboxylic acids is 1. The summed E-state index contributed by atoms with van der Waals surface area (Å²) in [5.41, 5.74) is 5.60. The zero-order valence-electron chi connectivity index (χ0n) is 11.1. The van der Waals surface area contributed by atoms with Crippen molar-refractivity contribution >= 4 is 11.9 Å². The van der Waals surface area contributed by atoms with Crippen LogP contribution in [0.4, 0.5) is 0 Å². The Kier molecular flexibility index (Phi) is 4.36. The second-order valence-electron chi connectivity index (χ2n) is 4.85. The molecular weight excluding hydrogens is 260 g/mol. The Hall–Kier alpha value is -1.92. The molecule has 0 aromatic heterocycles. The maximum atomic E-state index is 12.2. The molecule has 0 atom stereocenters. The van der Waals surface area contributed by atoms with Crippen LogP contribution < -0.4 is 11.1 Å². The van der Waals surface area contributed by atoms with Gasteiger partial charge in [0.1, 0.15) is 5.54 Å². The first-order valence-electron chi connectivity index (χ1n) is 6.50. The standard InChI is InChI=1S/C14H18N2O4/c15-9-10-1-3-11(4-2-10)12(17)16-14(13(18)19)5-7-20-8-6-14/h1-4H,5-9,15H2,(H,16,17)(H,18,19). The fourth-order valence-electron chi connectivity index (χ4n) is 2.19. The molecular formula is C14H18N2O4. The smallest absolute Gasteiger partial charge is 0.329 e. The van der Waals surface area contributed by atoms with E-state index in [1.54, 1.807) is 24.3 Å². The highest BCUT2D eigenvalue weighted by Crippen LogP contribution is 2.21. The number of hydrogen-bond donors (Lipinski definition) is 3. The first-order valence-corrected chi connectivity index (χ1v) is 6.50. The molecule has 20 heavy (non-hydrogen) atoms. The molecule has 0 radical (unpaired) electrons. The molecule has 1 aliphatic rings. The number of carbonyl (C=O) groups excluding carboxylic acids is 1. The Bertz CT molecular complexity index is 492. The number of rotatable bonds is 4. The van der Waals surface area contributed by atoms with Gasteiger partial charge in [0, 0.05) is 38.2 Å². The molecule has 1 aliphatic heterocycles. The van der Waals surface area contributed by atoms with Gasteiger partial charge in [-0.3, -0.25) is 4.79 Å². The average molecular weight is 278 g/mol. The molecule has 2 rings (SSSR count). The molecule has 1 fully saturated rings. The van der Waals surface area contributed by atoms with Crippen LogP contribution in [0, 0.1) is 0 Å². The molecule has 0 bridgehead atoms. The molecule has 108 valence electrons. The van der Waals surface area contributed by atoms with Crippen molar-refractivity contribution in [2.45, 2.75) is 24.9 Å². The van der Waals surface area contributed by atoms with E-state index in [2.05, 4.69) is 5.32 Å². The average Bonchev–Trinajstić information content (AvgIpc) is 2.48. The molecule has 6 nitrogen and oxygen atoms in total. The Labute approximate surface area is 116 Å². The number of carbonyl (C=O) groups is 2. The van der Waals surface area contributed by atoms with Crippen molar-refractivity contribution in [3.05, 3.63) is 35.4 Å². The predicted octanol–water partition coefficient (Wildman–Crippen LogP) is 0.509. The van der Waals surface area contributed by atoms with Crippen LogP contribution in [0.3, 0.4) is 0 Å². The van der Waals surface area contributed by atoms with E-state index in [1.807, 2.05) is 0 Å². The maximum Gasteiger partial charge on any atom is 0.329 e. The number of benzene rings is 1. The lowest BCUT2D eigenvalue weighted by Crippen LogP contribution is -2.57. The monoisotopic (exact) mass is 278 g/mol. The molecule has 1 amide bonds. The van der Waals surface area contributed by atoms with Gasteiger partial charge in [-0.2, -0.15) is 0 Å². The first-order chi connectivity index (χ1) is 9.57. The van der Waals surface area contributed by atoms with Crippen LogP contribution in [0.25, 0.3) is 0 Å². The summed E-state index contributed by atoms with van der Waals surface area (Å²) in [5, 5.41) is 12.0. The van der Waals surface area contributed by atoms with Gasteiger partial charge in [-0.1, -0.05) is 12.1 Å². The van der Waals surface area contributed by atoms with E-state index in [-0.39, 0.29) is 12.8 Å². The summed E-state index contributed by atoms with van der Waals surface area (Å²) in [6, 6.07) is 6.80. The second-order valence-corrected chi connectivity index (χ2v) is 4.85. The van der Waals surface area contributed by atoms with E-state index < -0.39 is 17.4 Å². The number of amides is 1. The van der Waals surface area contributed by atoms with E-state index in [0.717, 1.165) is 5.56 Å². The number of nitrogens with two attached hydrogens (primary N) is 1. The van der Waals surface area contributed by atoms with Gasteiger partial charge >= 0.3 is 5.97 Å². The zero-order valence-corrected chi connectivity index (χ0v) is 11.1. The SMILES string of the molecule is NCc1ccc(C(=O)NC2(C(=O)O)CCOCC2)cc1. The Morgan fingerprint density at radius 2 is 1.85 bits per heavy atom. The fourth-order valence-corrected chi connectivity index (χ4v) is 2.19. The van der Waals surface area contributed by atoms with Crippen molar-refractivity contribution in [1.82, 2.24) is 5.32 Å². The van der Waals surface area contributed by atoms with Crippen molar-refractivity contribution < 1.29 is 19.4 Å². The van der Waals surface area contributed by atoms with Crippen LogP contribution in [0.5, 0.6) is 0 Å². The molecule has 4 N–H and O–H groups in total. The molecule has 0 unspecified atom stereocenters. The van der Waals surface area contributed by atoms with Crippen LogP contribution in [0.15, 0.2) is 24.3 Å². The van der Waals surface area contributed by atoms with Crippen LogP contribution in [-0.2, 0) is 16.1 Å². The number of nitrogens with one attached hydrogen (secondary N) is 1. The lowest BCUT2D eigenvalue weighted by molar-refractivity contribution is -0.148. The zero-order chi connectivity index (χ0) is 14.6. The second kappa shape index (κ2) is 6.02. The van der Waals surface area contributed by atoms with Crippen molar-refractivity contribution in [2.75, 3.05) is 13.2 Å². The van der Waals surface area contributed by atoms with Crippen LogP contribution in [-0.4, -0.2) is 35.7 Å². The molecule has 0 spiro atoms. The number of ether oxygens (including phenoxy) is 1. The van der Waals surface area contributed by atoms with E-state index in [9.17, 15) is 14.7 Å². The quantitative estimate of drug-likeness (QED) is 0.744. The largest absolute Gasteiger partial charge is 0.480 e. The van der Waals surface area contributed by atoms with Gasteiger partial charge in [0.25, 0.3) is 5.91 Å². The van der Waals surface area contributed by atoms with Gasteiger partial charge in [0.15, 0.2) is 0 Å². The summed E-state index contributed by atoms with van der Waals surface area (Å²) >= 11 is 0. The Morgan fingerprint density at radius 3 is 2.35 bits per heavy atom. The highest BCUT2D eigenvalue weighted by molar-refractivity contribution is 5.97. The minimum atomic E-state index is -1.23. The molecule has 0 saturated carbocycles. The molecule has 1 saturated heterocycles. The van der Waals surface area contributed by atoms with Crippen LogP contribution in [0.2, 0.25) is 0 Å². The van der Waals surface area contributed by atoms with Gasteiger partial charge in [-0.25, -0.2) is 4.79 Å². The van der Waals surface area contributed by atoms with Crippen LogP contribution in [0.1, 0.15) is 28.8 Å². The van der Waals surface area contributed by atoms with Gasteiger partial charge in [-0.05, 0) is 17.7 Å². The summed E-state index contributed by atoms with van der Waals surface area (Å²) in [4.78, 5) is 23.6. The third kappa shape index (κ3) is 2.97. The van der Waals surface area contributed by atoms with Gasteiger partial charge in [0.05, 0.1) is 0 Å². The Balaban J connectivity index is 2.13. The number of carboxylic acid groups (broad SMARTS) is 1. The first kappa shape index (κ1) is 14.5. The van der Waals surface area contributed by atoms with Gasteiger partial charge < -0.3 is 20.9 Å². The minimum absolute atomic E-state index is 0.273. The summed E-state index contributed by atoms with van der Waals surface area (Å²) < 4.78 is 5.16. The molecule has 1 heterocycles. The minimum Gasteiger partial charge on any atom is -0.480 e. The highest BCUT2D eigenvalue weighted by Gasteiger charge is 2.41. The van der Waals surface area contributed by atoms with Crippen molar-refractivity contribution in [2.24, 2.45) is 5.73 Å². The van der Waals surface area contributed by atoms with Crippen LogP contribution >= 0.6 is 0 Å². The van der Waals surface area contributed by atoms with Crippen molar-refractivity contribution in [1.29, 1.82) is 0 Å². The predicted molar refractivity (Wildman–Crippen MR) is 72.2 cm³/mol. The summed E-state index contributed by atoms with van der Waals surface area (Å²) in [7, 11) is 0. The molecule has 1 aromatic rings. The molecule has 1 aromatic carbocycles. The van der Waals surface area contributed by atoms with E-state index in [4.69, 9.17) is 10.5 Å². The van der Waals surface area contributed by atoms with E-state index in [0.29, 0.717) is 25.3 Å². The molecule has 6 heteroatoms. The van der Waals surface area contributed by atoms with E-state index in [1.165, 1.54) is 0 Å². The number of aliphatic carboxylic acids is 1. The third-order valence-electron chi connectivity index (χ3n) is 3.56. The normalized spacial score (nSPS) is 17.4. The third-order valence-corrected chi connectivity index (χ3v) is 3.56. The molecule has 0 aliphatic carbocycles. The summed E-state index contributed by atoms with van der Waals surface area (Å²) in [5.74, 6) is -1.41. The van der Waals surface area contributed by atoms with Gasteiger partial charge in [0.2, 0.25) is 0 Å². The Morgan fingerprint density at radius 1 is 1.25 bits per heavy atom. The van der Waals surface area contributed by atoms with E-state index >= 15 is 0 Å². The lowest BCUT2D eigenvalue weighted by Gasteiger charge is -2.33. The lowest BCUT2D eigenvalue weighted by atomic mass is 9.89. The van der Waals surface area contributed by atoms with Crippen molar-refractivity contribution in [3.63, 3.8) is 0 Å². The fraction of sp³-hybridized carbons (Fsp3) is 0.429.